The molecule has 0 amide bonds. The number of nitrogens with two attached hydrogens (primary N) is 1. The molecule has 3 heteroatoms. The minimum Gasteiger partial charge on any atom is -0.382 e. The van der Waals surface area contributed by atoms with E-state index < -0.39 is 0 Å². The van der Waals surface area contributed by atoms with Crippen molar-refractivity contribution < 1.29 is 0 Å². The largest absolute Gasteiger partial charge is 0.382 e. The topological polar surface area (TPSA) is 43.8 Å². The molecule has 13 heavy (non-hydrogen) atoms. The molecular weight excluding hydrogens is 162 g/mol. The van der Waals surface area contributed by atoms with Crippen molar-refractivity contribution >= 4 is 5.82 Å². The van der Waals surface area contributed by atoms with Crippen LogP contribution in [0.2, 0.25) is 0 Å². The van der Waals surface area contributed by atoms with E-state index >= 15 is 0 Å². The first-order valence-corrected chi connectivity index (χ1v) is 5.05. The van der Waals surface area contributed by atoms with E-state index in [2.05, 4.69) is 5.10 Å². The van der Waals surface area contributed by atoms with Crippen LogP contribution in [-0.2, 0) is 6.54 Å². The van der Waals surface area contributed by atoms with Crippen LogP contribution in [-0.4, -0.2) is 9.78 Å². The van der Waals surface area contributed by atoms with E-state index in [0.717, 1.165) is 18.0 Å². The van der Waals surface area contributed by atoms with Gasteiger partial charge in [-0.05, 0) is 19.3 Å². The van der Waals surface area contributed by atoms with Crippen LogP contribution in [0.1, 0.15) is 31.2 Å². The Morgan fingerprint density at radius 2 is 2.38 bits per heavy atom. The number of hydrogen-bond acceptors (Lipinski definition) is 2. The summed E-state index contributed by atoms with van der Waals surface area (Å²) in [6, 6.07) is 0. The molecule has 72 valence electrons. The number of hydrogen-bond donors (Lipinski definition) is 1. The van der Waals surface area contributed by atoms with Crippen molar-refractivity contribution in [2.75, 3.05) is 5.73 Å². The molecule has 1 aliphatic rings. The van der Waals surface area contributed by atoms with E-state index in [1.165, 1.54) is 25.7 Å². The zero-order valence-corrected chi connectivity index (χ0v) is 8.16. The van der Waals surface area contributed by atoms with Crippen LogP contribution in [0.25, 0.3) is 0 Å². The van der Waals surface area contributed by atoms with E-state index in [1.807, 2.05) is 17.8 Å². The molecule has 1 aromatic rings. The summed E-state index contributed by atoms with van der Waals surface area (Å²) in [5, 5.41) is 4.24. The number of aromatic nitrogens is 2. The maximum Gasteiger partial charge on any atom is 0.148 e. The molecule has 1 heterocycles. The minimum atomic E-state index is 0.675. The summed E-state index contributed by atoms with van der Waals surface area (Å²) >= 11 is 0. The summed E-state index contributed by atoms with van der Waals surface area (Å²) in [6.07, 6.45) is 7.55. The molecule has 1 fully saturated rings. The lowest BCUT2D eigenvalue weighted by Gasteiger charge is -2.24. The standard InChI is InChI=1S/C10H17N3/c1-8-7-13(12-10(8)11)6-5-9-3-2-4-9/h7,9H,2-6H2,1H3,(H2,11,12). The molecular formula is C10H17N3. The molecule has 0 saturated heterocycles. The first-order chi connectivity index (χ1) is 6.25. The lowest BCUT2D eigenvalue weighted by atomic mass is 9.83. The molecule has 1 aromatic heterocycles. The predicted molar refractivity (Wildman–Crippen MR) is 53.3 cm³/mol. The van der Waals surface area contributed by atoms with Gasteiger partial charge in [0.2, 0.25) is 0 Å². The molecule has 0 aromatic carbocycles. The van der Waals surface area contributed by atoms with E-state index in [-0.39, 0.29) is 0 Å². The van der Waals surface area contributed by atoms with Crippen LogP contribution in [0, 0.1) is 12.8 Å². The van der Waals surface area contributed by atoms with Gasteiger partial charge < -0.3 is 5.73 Å². The van der Waals surface area contributed by atoms with Crippen LogP contribution in [0.4, 0.5) is 5.82 Å². The van der Waals surface area contributed by atoms with Crippen LogP contribution < -0.4 is 5.73 Å². The van der Waals surface area contributed by atoms with Gasteiger partial charge in [-0.3, -0.25) is 4.68 Å². The molecule has 0 bridgehead atoms. The molecule has 2 N–H and O–H groups in total. The Labute approximate surface area is 78.9 Å². The van der Waals surface area contributed by atoms with Crippen molar-refractivity contribution in [2.24, 2.45) is 5.92 Å². The van der Waals surface area contributed by atoms with Gasteiger partial charge in [-0.25, -0.2) is 0 Å². The first-order valence-electron chi connectivity index (χ1n) is 5.05. The highest BCUT2D eigenvalue weighted by Gasteiger charge is 2.16. The normalized spacial score (nSPS) is 17.3. The zero-order chi connectivity index (χ0) is 9.26. The Bertz CT molecular complexity index is 267. The maximum absolute atomic E-state index is 5.66. The second kappa shape index (κ2) is 3.40. The summed E-state index contributed by atoms with van der Waals surface area (Å²) in [6.45, 7) is 3.03. The van der Waals surface area contributed by atoms with Crippen molar-refractivity contribution in [1.82, 2.24) is 9.78 Å². The fourth-order valence-electron chi connectivity index (χ4n) is 1.75. The van der Waals surface area contributed by atoms with Crippen molar-refractivity contribution in [1.29, 1.82) is 0 Å². The highest BCUT2D eigenvalue weighted by Crippen LogP contribution is 2.29. The van der Waals surface area contributed by atoms with Gasteiger partial charge in [0.05, 0.1) is 0 Å². The molecule has 0 aliphatic heterocycles. The molecule has 0 radical (unpaired) electrons. The van der Waals surface area contributed by atoms with Gasteiger partial charge in [0.15, 0.2) is 0 Å². The minimum absolute atomic E-state index is 0.675. The quantitative estimate of drug-likeness (QED) is 0.770. The van der Waals surface area contributed by atoms with Crippen molar-refractivity contribution in [3.8, 4) is 0 Å². The predicted octanol–water partition coefficient (Wildman–Crippen LogP) is 1.96. The first kappa shape index (κ1) is 8.60. The van der Waals surface area contributed by atoms with Gasteiger partial charge in [0.1, 0.15) is 5.82 Å². The Hall–Kier alpha value is -0.990. The summed E-state index contributed by atoms with van der Waals surface area (Å²) in [5.74, 6) is 1.62. The molecule has 1 saturated carbocycles. The summed E-state index contributed by atoms with van der Waals surface area (Å²) in [7, 11) is 0. The Morgan fingerprint density at radius 1 is 1.62 bits per heavy atom. The highest BCUT2D eigenvalue weighted by molar-refractivity contribution is 5.35. The van der Waals surface area contributed by atoms with Crippen LogP contribution in [0.5, 0.6) is 0 Å². The van der Waals surface area contributed by atoms with Crippen LogP contribution >= 0.6 is 0 Å². The van der Waals surface area contributed by atoms with E-state index in [9.17, 15) is 0 Å². The summed E-state index contributed by atoms with van der Waals surface area (Å²) in [4.78, 5) is 0. The lowest BCUT2D eigenvalue weighted by molar-refractivity contribution is 0.278. The second-order valence-corrected chi connectivity index (χ2v) is 4.05. The Balaban J connectivity index is 1.86. The van der Waals surface area contributed by atoms with Gasteiger partial charge in [-0.1, -0.05) is 19.3 Å². The number of nitrogens with zero attached hydrogens (tertiary/aromatic N) is 2. The fraction of sp³-hybridized carbons (Fsp3) is 0.700. The smallest absolute Gasteiger partial charge is 0.148 e. The number of nitrogen functional groups attached to an aromatic ring is 1. The van der Waals surface area contributed by atoms with Gasteiger partial charge in [0.25, 0.3) is 0 Å². The highest BCUT2D eigenvalue weighted by atomic mass is 15.3. The van der Waals surface area contributed by atoms with Crippen molar-refractivity contribution in [3.05, 3.63) is 11.8 Å². The van der Waals surface area contributed by atoms with Gasteiger partial charge in [-0.15, -0.1) is 0 Å². The van der Waals surface area contributed by atoms with E-state index in [1.54, 1.807) is 0 Å². The molecule has 0 spiro atoms. The van der Waals surface area contributed by atoms with Gasteiger partial charge in [0, 0.05) is 18.3 Å². The van der Waals surface area contributed by atoms with E-state index in [4.69, 9.17) is 5.73 Å². The number of rotatable bonds is 3. The third-order valence-corrected chi connectivity index (χ3v) is 2.97. The lowest BCUT2D eigenvalue weighted by Crippen LogP contribution is -2.14. The van der Waals surface area contributed by atoms with E-state index in [0.29, 0.717) is 5.82 Å². The second-order valence-electron chi connectivity index (χ2n) is 4.05. The maximum atomic E-state index is 5.66. The summed E-state index contributed by atoms with van der Waals surface area (Å²) in [5.41, 5.74) is 6.75. The molecule has 0 atom stereocenters. The third-order valence-electron chi connectivity index (χ3n) is 2.97. The summed E-state index contributed by atoms with van der Waals surface area (Å²) < 4.78 is 1.98. The molecule has 2 rings (SSSR count). The third kappa shape index (κ3) is 1.85. The zero-order valence-electron chi connectivity index (χ0n) is 8.16. The van der Waals surface area contributed by atoms with Gasteiger partial charge >= 0.3 is 0 Å². The number of anilines is 1. The number of aryl methyl sites for hydroxylation is 2. The van der Waals surface area contributed by atoms with Crippen LogP contribution in [0.15, 0.2) is 6.20 Å². The van der Waals surface area contributed by atoms with Crippen LogP contribution in [0.3, 0.4) is 0 Å². The Morgan fingerprint density at radius 3 is 2.85 bits per heavy atom. The monoisotopic (exact) mass is 179 g/mol. The fourth-order valence-corrected chi connectivity index (χ4v) is 1.75. The average Bonchev–Trinajstić information content (AvgIpc) is 2.28. The van der Waals surface area contributed by atoms with Crippen molar-refractivity contribution in [3.63, 3.8) is 0 Å². The Kier molecular flexibility index (Phi) is 2.25. The SMILES string of the molecule is Cc1cn(CCC2CCC2)nc1N. The molecule has 0 unspecified atom stereocenters. The molecule has 3 nitrogen and oxygen atoms in total. The van der Waals surface area contributed by atoms with Crippen molar-refractivity contribution in [2.45, 2.75) is 39.2 Å². The average molecular weight is 179 g/mol. The van der Waals surface area contributed by atoms with Gasteiger partial charge in [-0.2, -0.15) is 5.10 Å². The molecule has 1 aliphatic carbocycles.